The zero-order chi connectivity index (χ0) is 26.3. The fourth-order valence-electron chi connectivity index (χ4n) is 3.89. The van der Waals surface area contributed by atoms with Gasteiger partial charge >= 0.3 is 0 Å². The van der Waals surface area contributed by atoms with Crippen molar-refractivity contribution >= 4 is 0 Å². The molecule has 1 rings (SSSR count). The van der Waals surface area contributed by atoms with E-state index in [9.17, 15) is 8.78 Å². The van der Waals surface area contributed by atoms with Crippen LogP contribution in [-0.4, -0.2) is 5.92 Å². The van der Waals surface area contributed by atoms with E-state index in [1.807, 2.05) is 0 Å². The van der Waals surface area contributed by atoms with Gasteiger partial charge in [0, 0.05) is 6.42 Å². The Labute approximate surface area is 204 Å². The first kappa shape index (κ1) is 36.4. The van der Waals surface area contributed by atoms with Crippen molar-refractivity contribution in [2.75, 3.05) is 0 Å². The molecule has 1 fully saturated rings. The Morgan fingerprint density at radius 3 is 1.09 bits per heavy atom. The normalized spacial score (nSPS) is 19.3. The molecular formula is C30H64F2. The first-order valence-corrected chi connectivity index (χ1v) is 13.6. The van der Waals surface area contributed by atoms with Crippen LogP contribution >= 0.6 is 0 Å². The molecule has 1 aliphatic carbocycles. The summed E-state index contributed by atoms with van der Waals surface area (Å²) in [5.74, 6) is 3.13. The van der Waals surface area contributed by atoms with Crippen LogP contribution in [0, 0.1) is 46.8 Å². The van der Waals surface area contributed by atoms with Crippen LogP contribution < -0.4 is 0 Å². The summed E-state index contributed by atoms with van der Waals surface area (Å²) >= 11 is 0. The highest BCUT2D eigenvalue weighted by Crippen LogP contribution is 2.32. The van der Waals surface area contributed by atoms with Crippen LogP contribution in [0.25, 0.3) is 0 Å². The average molecular weight is 463 g/mol. The topological polar surface area (TPSA) is 0 Å². The Balaban J connectivity index is -0.000000357. The predicted molar refractivity (Wildman–Crippen MR) is 145 cm³/mol. The van der Waals surface area contributed by atoms with E-state index in [-0.39, 0.29) is 12.3 Å². The largest absolute Gasteiger partial charge is 0.245 e. The lowest BCUT2D eigenvalue weighted by molar-refractivity contribution is 0.000976. The molecule has 0 aromatic heterocycles. The molecule has 0 heterocycles. The highest BCUT2D eigenvalue weighted by molar-refractivity contribution is 4.71. The van der Waals surface area contributed by atoms with Gasteiger partial charge in [-0.2, -0.15) is 0 Å². The van der Waals surface area contributed by atoms with E-state index < -0.39 is 5.92 Å². The quantitative estimate of drug-likeness (QED) is 0.381. The van der Waals surface area contributed by atoms with E-state index in [0.29, 0.717) is 5.41 Å². The molecule has 0 nitrogen and oxygen atoms in total. The van der Waals surface area contributed by atoms with Gasteiger partial charge in [0.1, 0.15) is 0 Å². The van der Waals surface area contributed by atoms with Crippen molar-refractivity contribution in [1.29, 1.82) is 0 Å². The first-order valence-electron chi connectivity index (χ1n) is 13.6. The van der Waals surface area contributed by atoms with Gasteiger partial charge in [-0.25, -0.2) is 8.78 Å². The van der Waals surface area contributed by atoms with Crippen molar-refractivity contribution in [1.82, 2.24) is 0 Å². The minimum Gasteiger partial charge on any atom is -0.207 e. The molecule has 0 amide bonds. The number of alkyl halides is 2. The number of hydrogen-bond donors (Lipinski definition) is 0. The van der Waals surface area contributed by atoms with Crippen molar-refractivity contribution in [2.24, 2.45) is 46.8 Å². The molecule has 0 radical (unpaired) electrons. The van der Waals surface area contributed by atoms with Gasteiger partial charge in [0.15, 0.2) is 0 Å². The first-order chi connectivity index (χ1) is 14.2. The fraction of sp³-hybridized carbons (Fsp3) is 1.00. The molecule has 0 atom stereocenters. The van der Waals surface area contributed by atoms with Crippen LogP contribution in [0.2, 0.25) is 0 Å². The van der Waals surface area contributed by atoms with E-state index in [1.165, 1.54) is 32.1 Å². The lowest BCUT2D eigenvalue weighted by atomic mass is 9.78. The second kappa shape index (κ2) is 18.2. The molecule has 2 heteroatoms. The number of halogens is 2. The van der Waals surface area contributed by atoms with Crippen molar-refractivity contribution < 1.29 is 8.78 Å². The summed E-state index contributed by atoms with van der Waals surface area (Å²) in [6.07, 6.45) is 7.24. The minimum atomic E-state index is -2.48. The summed E-state index contributed by atoms with van der Waals surface area (Å²) in [4.78, 5) is 0. The van der Waals surface area contributed by atoms with Gasteiger partial charge in [0.25, 0.3) is 0 Å². The van der Waals surface area contributed by atoms with E-state index in [0.717, 1.165) is 42.4 Å². The predicted octanol–water partition coefficient (Wildman–Crippen LogP) is 11.5. The zero-order valence-electron chi connectivity index (χ0n) is 25.0. The van der Waals surface area contributed by atoms with Crippen LogP contribution in [0.1, 0.15) is 142 Å². The Morgan fingerprint density at radius 1 is 0.625 bits per heavy atom. The Morgan fingerprint density at radius 2 is 0.969 bits per heavy atom. The van der Waals surface area contributed by atoms with Crippen LogP contribution in [0.4, 0.5) is 8.78 Å². The highest BCUT2D eigenvalue weighted by Gasteiger charge is 2.22. The van der Waals surface area contributed by atoms with Gasteiger partial charge in [-0.15, -0.1) is 0 Å². The molecule has 1 saturated carbocycles. The van der Waals surface area contributed by atoms with Gasteiger partial charge in [0.2, 0.25) is 5.92 Å². The van der Waals surface area contributed by atoms with Crippen LogP contribution in [0.5, 0.6) is 0 Å². The smallest absolute Gasteiger partial charge is 0.207 e. The second-order valence-corrected chi connectivity index (χ2v) is 13.6. The molecule has 1 aliphatic rings. The molecule has 0 N–H and O–H groups in total. The van der Waals surface area contributed by atoms with Crippen LogP contribution in [0.3, 0.4) is 0 Å². The minimum absolute atomic E-state index is 0.00694. The van der Waals surface area contributed by atoms with E-state index >= 15 is 0 Å². The van der Waals surface area contributed by atoms with Crippen LogP contribution in [0.15, 0.2) is 0 Å². The molecule has 0 aromatic rings. The summed E-state index contributed by atoms with van der Waals surface area (Å²) in [5.41, 5.74) is 0.522. The van der Waals surface area contributed by atoms with E-state index in [4.69, 9.17) is 0 Å². The number of rotatable bonds is 5. The third-order valence-electron chi connectivity index (χ3n) is 6.12. The molecule has 0 aliphatic heterocycles. The highest BCUT2D eigenvalue weighted by atomic mass is 19.3. The third kappa shape index (κ3) is 32.0. The lowest BCUT2D eigenvalue weighted by Crippen LogP contribution is -2.16. The van der Waals surface area contributed by atoms with Crippen molar-refractivity contribution in [2.45, 2.75) is 148 Å². The molecule has 0 bridgehead atoms. The van der Waals surface area contributed by atoms with Gasteiger partial charge in [-0.1, -0.05) is 110 Å². The SMILES string of the molecule is CC(C)C(C)C.CC(C)CC(C)(C)C.CC(C)CC(C)(F)F.CC1CCC(C(C)C)CC1. The average Bonchev–Trinajstić information content (AvgIpc) is 2.52. The maximum Gasteiger partial charge on any atom is 0.245 e. The molecular weight excluding hydrogens is 398 g/mol. The molecule has 0 saturated heterocycles. The zero-order valence-corrected chi connectivity index (χ0v) is 25.0. The van der Waals surface area contributed by atoms with Crippen molar-refractivity contribution in [3.63, 3.8) is 0 Å². The summed E-state index contributed by atoms with van der Waals surface area (Å²) in [5, 5.41) is 0. The Kier molecular flexibility index (Phi) is 20.7. The van der Waals surface area contributed by atoms with Gasteiger partial charge in [-0.05, 0) is 73.0 Å². The fourth-order valence-corrected chi connectivity index (χ4v) is 3.89. The molecule has 198 valence electrons. The maximum absolute atomic E-state index is 12.0. The van der Waals surface area contributed by atoms with Gasteiger partial charge in [0.05, 0.1) is 0 Å². The maximum atomic E-state index is 12.0. The summed E-state index contributed by atoms with van der Waals surface area (Å²) in [6.45, 7) is 32.0. The van der Waals surface area contributed by atoms with E-state index in [2.05, 4.69) is 83.1 Å². The Bertz CT molecular complexity index is 360. The standard InChI is InChI=1S/C10H20.C8H18.C6H12F2.C6H14/c1-8(2)10-6-4-9(3)5-7-10;1-7(2)6-8(3,4)5;1-5(2)4-6(3,7)8;1-5(2)6(3)4/h8-10H,4-7H2,1-3H3;7H,6H2,1-5H3;5H,4H2,1-3H3;5-6H,1-4H3. The molecule has 32 heavy (non-hydrogen) atoms. The molecule has 0 aromatic carbocycles. The second-order valence-electron chi connectivity index (χ2n) is 13.6. The Hall–Kier alpha value is -0.140. The summed E-state index contributed by atoms with van der Waals surface area (Å²) in [7, 11) is 0. The third-order valence-corrected chi connectivity index (χ3v) is 6.12. The summed E-state index contributed by atoms with van der Waals surface area (Å²) < 4.78 is 23.9. The molecule has 0 unspecified atom stereocenters. The van der Waals surface area contributed by atoms with E-state index in [1.54, 1.807) is 13.8 Å². The van der Waals surface area contributed by atoms with Gasteiger partial charge in [-0.3, -0.25) is 0 Å². The molecule has 0 spiro atoms. The van der Waals surface area contributed by atoms with Gasteiger partial charge < -0.3 is 0 Å². The number of hydrogen-bond acceptors (Lipinski definition) is 0. The lowest BCUT2D eigenvalue weighted by Gasteiger charge is -2.28. The summed E-state index contributed by atoms with van der Waals surface area (Å²) in [6, 6.07) is 0. The monoisotopic (exact) mass is 462 g/mol. The van der Waals surface area contributed by atoms with Crippen LogP contribution in [-0.2, 0) is 0 Å². The van der Waals surface area contributed by atoms with Crippen molar-refractivity contribution in [3.05, 3.63) is 0 Å². The van der Waals surface area contributed by atoms with Crippen molar-refractivity contribution in [3.8, 4) is 0 Å².